The molecule has 2 aromatic carbocycles. The highest BCUT2D eigenvalue weighted by atomic mass is 15.1. The van der Waals surface area contributed by atoms with Gasteiger partial charge in [-0.25, -0.2) is 0 Å². The van der Waals surface area contributed by atoms with E-state index in [2.05, 4.69) is 78.6 Å². The third-order valence-electron chi connectivity index (χ3n) is 5.36. The van der Waals surface area contributed by atoms with Gasteiger partial charge in [-0.15, -0.1) is 0 Å². The van der Waals surface area contributed by atoms with Crippen molar-refractivity contribution in [1.29, 1.82) is 0 Å². The number of nitrogens with one attached hydrogen (secondary N) is 1. The summed E-state index contributed by atoms with van der Waals surface area (Å²) in [6, 6.07) is 19.7. The van der Waals surface area contributed by atoms with Gasteiger partial charge in [-0.2, -0.15) is 5.10 Å². The Morgan fingerprint density at radius 3 is 2.12 bits per heavy atom. The first-order chi connectivity index (χ1) is 12.1. The van der Waals surface area contributed by atoms with Gasteiger partial charge >= 0.3 is 0 Å². The van der Waals surface area contributed by atoms with E-state index < -0.39 is 0 Å². The van der Waals surface area contributed by atoms with Crippen molar-refractivity contribution >= 4 is 0 Å². The van der Waals surface area contributed by atoms with Crippen LogP contribution in [-0.4, -0.2) is 16.7 Å². The molecule has 0 radical (unpaired) electrons. The third kappa shape index (κ3) is 3.12. The molecule has 1 aromatic heterocycles. The highest BCUT2D eigenvalue weighted by Crippen LogP contribution is 2.39. The fourth-order valence-electron chi connectivity index (χ4n) is 3.98. The average molecular weight is 333 g/mol. The lowest BCUT2D eigenvalue weighted by Crippen LogP contribution is -2.30. The zero-order valence-electron chi connectivity index (χ0n) is 15.3. The van der Waals surface area contributed by atoms with E-state index in [1.54, 1.807) is 0 Å². The van der Waals surface area contributed by atoms with E-state index >= 15 is 0 Å². The van der Waals surface area contributed by atoms with Crippen LogP contribution < -0.4 is 5.73 Å². The second-order valence-corrected chi connectivity index (χ2v) is 6.73. The molecule has 0 fully saturated rings. The predicted octanol–water partition coefficient (Wildman–Crippen LogP) is 4.74. The minimum atomic E-state index is -0.0327. The second-order valence-electron chi connectivity index (χ2n) is 6.73. The van der Waals surface area contributed by atoms with Crippen LogP contribution in [0.15, 0.2) is 54.6 Å². The van der Waals surface area contributed by atoms with Gasteiger partial charge in [0.2, 0.25) is 0 Å². The van der Waals surface area contributed by atoms with Crippen LogP contribution in [0.25, 0.3) is 11.1 Å². The first-order valence-electron chi connectivity index (χ1n) is 9.00. The highest BCUT2D eigenvalue weighted by molar-refractivity contribution is 5.68. The maximum atomic E-state index is 6.00. The average Bonchev–Trinajstić information content (AvgIpc) is 2.99. The van der Waals surface area contributed by atoms with E-state index in [1.165, 1.54) is 22.3 Å². The van der Waals surface area contributed by atoms with Gasteiger partial charge in [-0.3, -0.25) is 5.10 Å². The molecule has 1 atom stereocenters. The Morgan fingerprint density at radius 1 is 0.960 bits per heavy atom. The van der Waals surface area contributed by atoms with Gasteiger partial charge < -0.3 is 5.73 Å². The number of hydrogen-bond donors (Lipinski definition) is 2. The van der Waals surface area contributed by atoms with Gasteiger partial charge in [0.05, 0.1) is 5.69 Å². The smallest absolute Gasteiger partial charge is 0.0672 e. The summed E-state index contributed by atoms with van der Waals surface area (Å²) in [5, 5.41) is 7.39. The van der Waals surface area contributed by atoms with Gasteiger partial charge in [0, 0.05) is 16.7 Å². The Morgan fingerprint density at radius 2 is 1.60 bits per heavy atom. The number of nitrogens with two attached hydrogens (primary N) is 1. The number of H-pyrrole nitrogens is 1. The Bertz CT molecular complexity index is 799. The van der Waals surface area contributed by atoms with Crippen LogP contribution in [0.4, 0.5) is 0 Å². The summed E-state index contributed by atoms with van der Waals surface area (Å²) >= 11 is 0. The van der Waals surface area contributed by atoms with Gasteiger partial charge in [0.15, 0.2) is 0 Å². The standard InChI is InChI=1S/C22H27N3/c1-4-22(14-15-23,19-8-6-5-7-9-19)20-12-10-18(11-13-20)21-16(2)24-25-17(21)3/h5-13H,4,14-15,23H2,1-3H3,(H,24,25). The number of nitrogens with zero attached hydrogens (tertiary/aromatic N) is 1. The zero-order valence-corrected chi connectivity index (χ0v) is 15.3. The van der Waals surface area contributed by atoms with E-state index in [1.807, 2.05) is 6.92 Å². The number of aryl methyl sites for hydroxylation is 2. The molecule has 3 heteroatoms. The van der Waals surface area contributed by atoms with Crippen LogP contribution >= 0.6 is 0 Å². The molecule has 3 N–H and O–H groups in total. The third-order valence-corrected chi connectivity index (χ3v) is 5.36. The minimum Gasteiger partial charge on any atom is -0.330 e. The maximum Gasteiger partial charge on any atom is 0.0672 e. The van der Waals surface area contributed by atoms with Crippen molar-refractivity contribution < 1.29 is 0 Å². The molecule has 0 aliphatic rings. The predicted molar refractivity (Wildman–Crippen MR) is 105 cm³/mol. The summed E-state index contributed by atoms with van der Waals surface area (Å²) in [4.78, 5) is 0. The van der Waals surface area contributed by atoms with Crippen molar-refractivity contribution in [2.75, 3.05) is 6.54 Å². The Kier molecular flexibility index (Phi) is 5.05. The molecule has 3 nitrogen and oxygen atoms in total. The van der Waals surface area contributed by atoms with Gasteiger partial charge in [-0.1, -0.05) is 61.5 Å². The molecule has 0 aliphatic heterocycles. The van der Waals surface area contributed by atoms with Crippen molar-refractivity contribution in [2.45, 2.75) is 39.0 Å². The van der Waals surface area contributed by atoms with Crippen molar-refractivity contribution in [2.24, 2.45) is 5.73 Å². The molecule has 0 spiro atoms. The summed E-state index contributed by atoms with van der Waals surface area (Å²) in [5.41, 5.74) is 13.2. The SMILES string of the molecule is CCC(CCN)(c1ccccc1)c1ccc(-c2c(C)n[nH]c2C)cc1. The largest absolute Gasteiger partial charge is 0.330 e. The molecule has 0 saturated carbocycles. The summed E-state index contributed by atoms with van der Waals surface area (Å²) in [5.74, 6) is 0. The van der Waals surface area contributed by atoms with Crippen LogP contribution in [0.3, 0.4) is 0 Å². The maximum absolute atomic E-state index is 6.00. The quantitative estimate of drug-likeness (QED) is 0.684. The van der Waals surface area contributed by atoms with Crippen LogP contribution in [0, 0.1) is 13.8 Å². The van der Waals surface area contributed by atoms with Crippen molar-refractivity contribution in [3.8, 4) is 11.1 Å². The second kappa shape index (κ2) is 7.24. The van der Waals surface area contributed by atoms with E-state index in [0.717, 1.165) is 24.2 Å². The van der Waals surface area contributed by atoms with Crippen molar-refractivity contribution in [1.82, 2.24) is 10.2 Å². The van der Waals surface area contributed by atoms with Gasteiger partial charge in [0.25, 0.3) is 0 Å². The lowest BCUT2D eigenvalue weighted by Gasteiger charge is -2.34. The van der Waals surface area contributed by atoms with Crippen molar-refractivity contribution in [3.05, 3.63) is 77.1 Å². The first-order valence-corrected chi connectivity index (χ1v) is 9.00. The summed E-state index contributed by atoms with van der Waals surface area (Å²) < 4.78 is 0. The van der Waals surface area contributed by atoms with E-state index in [-0.39, 0.29) is 5.41 Å². The Labute approximate surface area is 150 Å². The van der Waals surface area contributed by atoms with E-state index in [4.69, 9.17) is 5.73 Å². The normalized spacial score (nSPS) is 13.6. The van der Waals surface area contributed by atoms with E-state index in [9.17, 15) is 0 Å². The van der Waals surface area contributed by atoms with Gasteiger partial charge in [-0.05, 0) is 49.9 Å². The fourth-order valence-corrected chi connectivity index (χ4v) is 3.98. The molecule has 3 aromatic rings. The Balaban J connectivity index is 2.06. The zero-order chi connectivity index (χ0) is 17.9. The molecular weight excluding hydrogens is 306 g/mol. The van der Waals surface area contributed by atoms with Crippen LogP contribution in [-0.2, 0) is 5.41 Å². The summed E-state index contributed by atoms with van der Waals surface area (Å²) in [6.45, 7) is 7.03. The Hall–Kier alpha value is -2.39. The lowest BCUT2D eigenvalue weighted by molar-refractivity contribution is 0.463. The number of aromatic nitrogens is 2. The molecular formula is C22H27N3. The fraction of sp³-hybridized carbons (Fsp3) is 0.318. The van der Waals surface area contributed by atoms with Crippen LogP contribution in [0.1, 0.15) is 42.3 Å². The highest BCUT2D eigenvalue weighted by Gasteiger charge is 2.31. The molecule has 1 heterocycles. The number of hydrogen-bond acceptors (Lipinski definition) is 2. The number of aromatic amines is 1. The summed E-state index contributed by atoms with van der Waals surface area (Å²) in [6.07, 6.45) is 1.97. The molecule has 130 valence electrons. The van der Waals surface area contributed by atoms with Crippen LogP contribution in [0.2, 0.25) is 0 Å². The number of benzene rings is 2. The molecule has 0 saturated heterocycles. The summed E-state index contributed by atoms with van der Waals surface area (Å²) in [7, 11) is 0. The van der Waals surface area contributed by atoms with Crippen LogP contribution in [0.5, 0.6) is 0 Å². The van der Waals surface area contributed by atoms with E-state index in [0.29, 0.717) is 6.54 Å². The lowest BCUT2D eigenvalue weighted by atomic mass is 9.70. The molecule has 0 amide bonds. The molecule has 25 heavy (non-hydrogen) atoms. The van der Waals surface area contributed by atoms with Crippen molar-refractivity contribution in [3.63, 3.8) is 0 Å². The first kappa shape index (κ1) is 17.4. The topological polar surface area (TPSA) is 54.7 Å². The molecule has 1 unspecified atom stereocenters. The monoisotopic (exact) mass is 333 g/mol. The van der Waals surface area contributed by atoms with Gasteiger partial charge in [0.1, 0.15) is 0 Å². The number of rotatable bonds is 6. The molecule has 0 aliphatic carbocycles. The molecule has 0 bridgehead atoms. The minimum absolute atomic E-state index is 0.0327. The molecule has 3 rings (SSSR count).